The number of rotatable bonds is 5. The minimum absolute atomic E-state index is 0.338. The highest BCUT2D eigenvalue weighted by molar-refractivity contribution is 5.89. The van der Waals surface area contributed by atoms with E-state index in [0.29, 0.717) is 18.1 Å². The van der Waals surface area contributed by atoms with Crippen LogP contribution in [0.5, 0.6) is 5.75 Å². The molecule has 0 aliphatic carbocycles. The monoisotopic (exact) mass is 264 g/mol. The van der Waals surface area contributed by atoms with Crippen molar-refractivity contribution in [2.75, 3.05) is 26.9 Å². The lowest BCUT2D eigenvalue weighted by molar-refractivity contribution is 0.0587. The third-order valence-electron chi connectivity index (χ3n) is 3.39. The molecule has 2 rings (SSSR count). The Morgan fingerprint density at radius 1 is 1.37 bits per heavy atom. The number of carbonyl (C=O) groups is 1. The van der Waals surface area contributed by atoms with Gasteiger partial charge in [0.15, 0.2) is 0 Å². The smallest absolute Gasteiger partial charge is 0.337 e. The molecule has 1 saturated heterocycles. The third kappa shape index (κ3) is 4.24. The summed E-state index contributed by atoms with van der Waals surface area (Å²) in [6.45, 7) is 2.40. The van der Waals surface area contributed by atoms with E-state index < -0.39 is 0 Å². The van der Waals surface area contributed by atoms with E-state index in [1.54, 1.807) is 18.2 Å². The standard InChI is InChI=1S/C15H20O4/c1-17-15(16)13-3-2-4-14(11-13)19-10-7-12-5-8-18-9-6-12/h2-4,11-12H,5-10H2,1H3. The quantitative estimate of drug-likeness (QED) is 0.767. The lowest BCUT2D eigenvalue weighted by Gasteiger charge is -2.21. The number of hydrogen-bond donors (Lipinski definition) is 0. The Balaban J connectivity index is 1.80. The Labute approximate surface area is 113 Å². The maximum absolute atomic E-state index is 11.4. The molecule has 1 aromatic carbocycles. The summed E-state index contributed by atoms with van der Waals surface area (Å²) in [6, 6.07) is 7.10. The van der Waals surface area contributed by atoms with E-state index in [-0.39, 0.29) is 5.97 Å². The molecule has 1 aromatic rings. The summed E-state index contributed by atoms with van der Waals surface area (Å²) in [5.41, 5.74) is 0.520. The van der Waals surface area contributed by atoms with Crippen molar-refractivity contribution in [3.05, 3.63) is 29.8 Å². The zero-order chi connectivity index (χ0) is 13.5. The number of ether oxygens (including phenoxy) is 3. The van der Waals surface area contributed by atoms with Crippen LogP contribution in [0.25, 0.3) is 0 Å². The fourth-order valence-electron chi connectivity index (χ4n) is 2.21. The number of methoxy groups -OCH3 is 1. The lowest BCUT2D eigenvalue weighted by Crippen LogP contribution is -2.17. The first-order valence-corrected chi connectivity index (χ1v) is 6.68. The van der Waals surface area contributed by atoms with Gasteiger partial charge in [0.25, 0.3) is 0 Å². The molecule has 0 atom stereocenters. The van der Waals surface area contributed by atoms with Gasteiger partial charge in [0.1, 0.15) is 5.75 Å². The van der Waals surface area contributed by atoms with Crippen LogP contribution in [0.3, 0.4) is 0 Å². The van der Waals surface area contributed by atoms with Crippen molar-refractivity contribution in [1.29, 1.82) is 0 Å². The summed E-state index contributed by atoms with van der Waals surface area (Å²) in [7, 11) is 1.38. The van der Waals surface area contributed by atoms with Crippen LogP contribution in [0.4, 0.5) is 0 Å². The molecule has 19 heavy (non-hydrogen) atoms. The third-order valence-corrected chi connectivity index (χ3v) is 3.39. The van der Waals surface area contributed by atoms with Gasteiger partial charge in [-0.25, -0.2) is 4.79 Å². The van der Waals surface area contributed by atoms with Crippen LogP contribution >= 0.6 is 0 Å². The summed E-state index contributed by atoms with van der Waals surface area (Å²) in [5.74, 6) is 1.07. The number of carbonyl (C=O) groups excluding carboxylic acids is 1. The van der Waals surface area contributed by atoms with Gasteiger partial charge in [0.05, 0.1) is 19.3 Å². The molecule has 1 heterocycles. The molecule has 0 aromatic heterocycles. The largest absolute Gasteiger partial charge is 0.494 e. The normalized spacial score (nSPS) is 16.1. The molecular formula is C15H20O4. The Morgan fingerprint density at radius 2 is 2.16 bits per heavy atom. The molecule has 1 aliphatic heterocycles. The maximum Gasteiger partial charge on any atom is 0.337 e. The van der Waals surface area contributed by atoms with E-state index in [2.05, 4.69) is 4.74 Å². The van der Waals surface area contributed by atoms with E-state index in [9.17, 15) is 4.79 Å². The summed E-state index contributed by atoms with van der Waals surface area (Å²) in [5, 5.41) is 0. The van der Waals surface area contributed by atoms with Crippen molar-refractivity contribution >= 4 is 5.97 Å². The van der Waals surface area contributed by atoms with Crippen LogP contribution in [0.2, 0.25) is 0 Å². The molecule has 0 N–H and O–H groups in total. The minimum atomic E-state index is -0.338. The molecule has 4 heteroatoms. The van der Waals surface area contributed by atoms with Crippen LogP contribution in [-0.2, 0) is 9.47 Å². The van der Waals surface area contributed by atoms with Crippen LogP contribution in [0.15, 0.2) is 24.3 Å². The summed E-state index contributed by atoms with van der Waals surface area (Å²) in [6.07, 6.45) is 3.27. The molecule has 0 bridgehead atoms. The van der Waals surface area contributed by atoms with Gasteiger partial charge in [0, 0.05) is 13.2 Å². The Morgan fingerprint density at radius 3 is 2.89 bits per heavy atom. The van der Waals surface area contributed by atoms with Crippen molar-refractivity contribution in [2.24, 2.45) is 5.92 Å². The Kier molecular flexibility index (Phi) is 5.21. The van der Waals surface area contributed by atoms with Gasteiger partial charge in [-0.2, -0.15) is 0 Å². The second-order valence-electron chi connectivity index (χ2n) is 4.71. The van der Waals surface area contributed by atoms with Crippen LogP contribution in [-0.4, -0.2) is 32.9 Å². The highest BCUT2D eigenvalue weighted by Gasteiger charge is 2.13. The van der Waals surface area contributed by atoms with Crippen molar-refractivity contribution in [1.82, 2.24) is 0 Å². The van der Waals surface area contributed by atoms with Crippen LogP contribution in [0, 0.1) is 5.92 Å². The summed E-state index contributed by atoms with van der Waals surface area (Å²) in [4.78, 5) is 11.4. The molecule has 0 radical (unpaired) electrons. The summed E-state index contributed by atoms with van der Waals surface area (Å²) < 4.78 is 15.7. The first-order valence-electron chi connectivity index (χ1n) is 6.68. The average Bonchev–Trinajstić information content (AvgIpc) is 2.48. The van der Waals surface area contributed by atoms with Crippen molar-refractivity contribution in [3.8, 4) is 5.75 Å². The van der Waals surface area contributed by atoms with E-state index in [0.717, 1.165) is 38.2 Å². The van der Waals surface area contributed by atoms with Gasteiger partial charge in [-0.05, 0) is 43.4 Å². The van der Waals surface area contributed by atoms with E-state index >= 15 is 0 Å². The first-order chi connectivity index (χ1) is 9.29. The molecule has 104 valence electrons. The van der Waals surface area contributed by atoms with E-state index in [4.69, 9.17) is 9.47 Å². The predicted octanol–water partition coefficient (Wildman–Crippen LogP) is 2.67. The van der Waals surface area contributed by atoms with E-state index in [1.165, 1.54) is 7.11 Å². The second kappa shape index (κ2) is 7.14. The van der Waals surface area contributed by atoms with Gasteiger partial charge >= 0.3 is 5.97 Å². The number of hydrogen-bond acceptors (Lipinski definition) is 4. The van der Waals surface area contributed by atoms with Gasteiger partial charge < -0.3 is 14.2 Å². The van der Waals surface area contributed by atoms with Crippen molar-refractivity contribution in [2.45, 2.75) is 19.3 Å². The molecule has 0 unspecified atom stereocenters. The van der Waals surface area contributed by atoms with Gasteiger partial charge in [-0.1, -0.05) is 6.07 Å². The zero-order valence-electron chi connectivity index (χ0n) is 11.3. The number of esters is 1. The van der Waals surface area contributed by atoms with Crippen LogP contribution in [0.1, 0.15) is 29.6 Å². The highest BCUT2D eigenvalue weighted by atomic mass is 16.5. The second-order valence-corrected chi connectivity index (χ2v) is 4.71. The molecular weight excluding hydrogens is 244 g/mol. The van der Waals surface area contributed by atoms with E-state index in [1.807, 2.05) is 6.07 Å². The average molecular weight is 264 g/mol. The Hall–Kier alpha value is -1.55. The van der Waals surface area contributed by atoms with Crippen molar-refractivity contribution in [3.63, 3.8) is 0 Å². The highest BCUT2D eigenvalue weighted by Crippen LogP contribution is 2.20. The van der Waals surface area contributed by atoms with Crippen molar-refractivity contribution < 1.29 is 19.0 Å². The molecule has 1 fully saturated rings. The fourth-order valence-corrected chi connectivity index (χ4v) is 2.21. The van der Waals surface area contributed by atoms with Gasteiger partial charge in [-0.15, -0.1) is 0 Å². The molecule has 4 nitrogen and oxygen atoms in total. The maximum atomic E-state index is 11.4. The SMILES string of the molecule is COC(=O)c1cccc(OCCC2CCOCC2)c1. The predicted molar refractivity (Wildman–Crippen MR) is 71.4 cm³/mol. The van der Waals surface area contributed by atoms with Gasteiger partial charge in [-0.3, -0.25) is 0 Å². The lowest BCUT2D eigenvalue weighted by atomic mass is 9.97. The molecule has 0 spiro atoms. The topological polar surface area (TPSA) is 44.8 Å². The summed E-state index contributed by atoms with van der Waals surface area (Å²) >= 11 is 0. The molecule has 0 amide bonds. The van der Waals surface area contributed by atoms with Gasteiger partial charge in [0.2, 0.25) is 0 Å². The Bertz CT molecular complexity index is 410. The zero-order valence-corrected chi connectivity index (χ0v) is 11.3. The fraction of sp³-hybridized carbons (Fsp3) is 0.533. The van der Waals surface area contributed by atoms with Crippen LogP contribution < -0.4 is 4.74 Å². The number of benzene rings is 1. The minimum Gasteiger partial charge on any atom is -0.494 e. The molecule has 1 aliphatic rings. The molecule has 0 saturated carbocycles. The first kappa shape index (κ1) is 13.9.